The second-order valence-electron chi connectivity index (χ2n) is 16.7. The van der Waals surface area contributed by atoms with E-state index in [1.165, 1.54) is 51.4 Å². The first-order valence-electron chi connectivity index (χ1n) is 26.0. The molecule has 0 amide bonds. The first-order chi connectivity index (χ1) is 32.0. The Morgan fingerprint density at radius 2 is 0.600 bits per heavy atom. The van der Waals surface area contributed by atoms with E-state index in [0.717, 1.165) is 109 Å². The van der Waals surface area contributed by atoms with Crippen molar-refractivity contribution >= 4 is 17.9 Å². The van der Waals surface area contributed by atoms with Gasteiger partial charge < -0.3 is 14.2 Å². The summed E-state index contributed by atoms with van der Waals surface area (Å²) >= 11 is 0. The molecule has 0 saturated carbocycles. The maximum Gasteiger partial charge on any atom is 0.306 e. The van der Waals surface area contributed by atoms with E-state index in [-0.39, 0.29) is 44.0 Å². The summed E-state index contributed by atoms with van der Waals surface area (Å²) in [5, 5.41) is 0. The number of hydrogen-bond donors (Lipinski definition) is 0. The van der Waals surface area contributed by atoms with Gasteiger partial charge in [0.15, 0.2) is 6.10 Å². The molecule has 0 fully saturated rings. The zero-order valence-corrected chi connectivity index (χ0v) is 41.7. The standard InChI is InChI=1S/C59H94O6/c1-4-7-10-13-16-19-22-25-28-29-32-35-38-41-44-47-50-53-59(62)65-56(54-63-57(60)51-48-45-42-39-36-33-30-26-23-20-17-14-11-8-5-2)55-64-58(61)52-49-46-43-40-37-34-31-27-24-21-18-15-12-9-6-3/h8,11,16-21,25-28,30-32,35-37,39-40,56H,4-7,9-10,12-15,22-24,29,33-34,38,41-55H2,1-3H3/b11-8-,19-16-,20-17-,21-18-,28-25-,30-26-,31-27-,35-32-,39-36-,40-37-/t56-/m1/s1. The molecule has 1 atom stereocenters. The Bertz CT molecular complexity index is 1400. The van der Waals surface area contributed by atoms with Gasteiger partial charge in [0, 0.05) is 19.3 Å². The number of esters is 3. The van der Waals surface area contributed by atoms with Crippen LogP contribution in [0.25, 0.3) is 0 Å². The van der Waals surface area contributed by atoms with Crippen LogP contribution in [0.15, 0.2) is 122 Å². The van der Waals surface area contributed by atoms with Gasteiger partial charge >= 0.3 is 17.9 Å². The normalized spacial score (nSPS) is 13.1. The lowest BCUT2D eigenvalue weighted by Gasteiger charge is -2.18. The molecule has 366 valence electrons. The molecule has 0 aromatic rings. The SMILES string of the molecule is CC/C=C\C/C=C\C/C=C\C/C=C\CCCCC(=O)OC[C@H](COC(=O)CCCC/C=C\C/C=C\C/C=C\CCCCC)OC(=O)CCCCCC/C=C\C/C=C\C/C=C\CCCCC. The molecule has 0 saturated heterocycles. The van der Waals surface area contributed by atoms with Crippen molar-refractivity contribution < 1.29 is 28.6 Å². The maximum absolute atomic E-state index is 12.8. The fourth-order valence-electron chi connectivity index (χ4n) is 6.50. The van der Waals surface area contributed by atoms with Gasteiger partial charge in [-0.1, -0.05) is 181 Å². The van der Waals surface area contributed by atoms with Crippen LogP contribution in [0.5, 0.6) is 0 Å². The third-order valence-corrected chi connectivity index (χ3v) is 10.4. The lowest BCUT2D eigenvalue weighted by Crippen LogP contribution is -2.30. The number of unbranched alkanes of at least 4 members (excludes halogenated alkanes) is 14. The average Bonchev–Trinajstić information content (AvgIpc) is 3.30. The number of rotatable bonds is 45. The van der Waals surface area contributed by atoms with Gasteiger partial charge in [-0.05, 0) is 135 Å². The van der Waals surface area contributed by atoms with Gasteiger partial charge in [-0.3, -0.25) is 14.4 Å². The molecular weight excluding hydrogens is 805 g/mol. The van der Waals surface area contributed by atoms with Crippen LogP contribution in [0.1, 0.15) is 213 Å². The summed E-state index contributed by atoms with van der Waals surface area (Å²) in [5.74, 6) is -1.03. The summed E-state index contributed by atoms with van der Waals surface area (Å²) in [7, 11) is 0. The minimum atomic E-state index is -0.826. The molecule has 6 nitrogen and oxygen atoms in total. The van der Waals surface area contributed by atoms with E-state index in [0.29, 0.717) is 19.3 Å². The van der Waals surface area contributed by atoms with Crippen molar-refractivity contribution in [3.8, 4) is 0 Å². The van der Waals surface area contributed by atoms with Gasteiger partial charge in [0.2, 0.25) is 0 Å². The molecular formula is C59H94O6. The molecule has 0 aromatic heterocycles. The van der Waals surface area contributed by atoms with Gasteiger partial charge in [-0.15, -0.1) is 0 Å². The lowest BCUT2D eigenvalue weighted by atomic mass is 10.1. The summed E-state index contributed by atoms with van der Waals surface area (Å²) in [6.07, 6.45) is 71.8. The smallest absolute Gasteiger partial charge is 0.306 e. The van der Waals surface area contributed by atoms with Crippen molar-refractivity contribution in [2.45, 2.75) is 219 Å². The highest BCUT2D eigenvalue weighted by atomic mass is 16.6. The number of hydrogen-bond acceptors (Lipinski definition) is 6. The Kier molecular flexibility index (Phi) is 49.1. The number of ether oxygens (including phenoxy) is 3. The minimum absolute atomic E-state index is 0.124. The molecule has 0 unspecified atom stereocenters. The van der Waals surface area contributed by atoms with Crippen molar-refractivity contribution in [1.29, 1.82) is 0 Å². The molecule has 0 aliphatic carbocycles. The fourth-order valence-corrected chi connectivity index (χ4v) is 6.50. The largest absolute Gasteiger partial charge is 0.462 e. The lowest BCUT2D eigenvalue weighted by molar-refractivity contribution is -0.167. The predicted molar refractivity (Wildman–Crippen MR) is 279 cm³/mol. The monoisotopic (exact) mass is 899 g/mol. The summed E-state index contributed by atoms with van der Waals surface area (Å²) in [6.45, 7) is 6.36. The third kappa shape index (κ3) is 50.7. The molecule has 0 spiro atoms. The van der Waals surface area contributed by atoms with Crippen LogP contribution in [0, 0.1) is 0 Å². The van der Waals surface area contributed by atoms with E-state index in [1.807, 2.05) is 0 Å². The van der Waals surface area contributed by atoms with Crippen molar-refractivity contribution in [2.75, 3.05) is 13.2 Å². The first-order valence-corrected chi connectivity index (χ1v) is 26.0. The predicted octanol–water partition coefficient (Wildman–Crippen LogP) is 17.3. The van der Waals surface area contributed by atoms with E-state index in [4.69, 9.17) is 14.2 Å². The highest BCUT2D eigenvalue weighted by Gasteiger charge is 2.19. The van der Waals surface area contributed by atoms with Gasteiger partial charge in [0.1, 0.15) is 13.2 Å². The minimum Gasteiger partial charge on any atom is -0.462 e. The number of allylic oxidation sites excluding steroid dienone is 20. The van der Waals surface area contributed by atoms with Crippen molar-refractivity contribution in [3.05, 3.63) is 122 Å². The van der Waals surface area contributed by atoms with E-state index in [9.17, 15) is 14.4 Å². The molecule has 0 aliphatic heterocycles. The quantitative estimate of drug-likeness (QED) is 0.0262. The Morgan fingerprint density at radius 3 is 0.954 bits per heavy atom. The second kappa shape index (κ2) is 52.4. The number of carbonyl (C=O) groups is 3. The average molecular weight is 899 g/mol. The van der Waals surface area contributed by atoms with Crippen LogP contribution in [0.2, 0.25) is 0 Å². The molecule has 6 heteroatoms. The molecule has 0 aliphatic rings. The molecule has 0 aromatic carbocycles. The van der Waals surface area contributed by atoms with Crippen LogP contribution >= 0.6 is 0 Å². The Balaban J connectivity index is 4.58. The zero-order valence-electron chi connectivity index (χ0n) is 41.7. The van der Waals surface area contributed by atoms with Gasteiger partial charge in [0.05, 0.1) is 0 Å². The van der Waals surface area contributed by atoms with E-state index in [2.05, 4.69) is 142 Å². The summed E-state index contributed by atoms with van der Waals surface area (Å²) in [5.41, 5.74) is 0. The Morgan fingerprint density at radius 1 is 0.323 bits per heavy atom. The number of carbonyl (C=O) groups excluding carboxylic acids is 3. The van der Waals surface area contributed by atoms with E-state index in [1.54, 1.807) is 0 Å². The third-order valence-electron chi connectivity index (χ3n) is 10.4. The maximum atomic E-state index is 12.8. The molecule has 0 radical (unpaired) electrons. The highest BCUT2D eigenvalue weighted by molar-refractivity contribution is 5.71. The van der Waals surface area contributed by atoms with Crippen LogP contribution in [-0.4, -0.2) is 37.2 Å². The van der Waals surface area contributed by atoms with E-state index < -0.39 is 6.10 Å². The van der Waals surface area contributed by atoms with Crippen LogP contribution in [0.4, 0.5) is 0 Å². The summed E-state index contributed by atoms with van der Waals surface area (Å²) in [4.78, 5) is 38.0. The second-order valence-corrected chi connectivity index (χ2v) is 16.7. The summed E-state index contributed by atoms with van der Waals surface area (Å²) in [6, 6.07) is 0. The molecule has 65 heavy (non-hydrogen) atoms. The molecule has 0 N–H and O–H groups in total. The van der Waals surface area contributed by atoms with Gasteiger partial charge in [-0.2, -0.15) is 0 Å². The van der Waals surface area contributed by atoms with E-state index >= 15 is 0 Å². The Hall–Kier alpha value is -4.19. The Labute approximate surface area is 399 Å². The van der Waals surface area contributed by atoms with Crippen molar-refractivity contribution in [3.63, 3.8) is 0 Å². The van der Waals surface area contributed by atoms with Gasteiger partial charge in [0.25, 0.3) is 0 Å². The molecule has 0 rings (SSSR count). The summed E-state index contributed by atoms with van der Waals surface area (Å²) < 4.78 is 16.7. The topological polar surface area (TPSA) is 78.9 Å². The highest BCUT2D eigenvalue weighted by Crippen LogP contribution is 2.11. The van der Waals surface area contributed by atoms with Crippen LogP contribution < -0.4 is 0 Å². The van der Waals surface area contributed by atoms with Gasteiger partial charge in [-0.25, -0.2) is 0 Å². The molecule has 0 heterocycles. The van der Waals surface area contributed by atoms with Crippen molar-refractivity contribution in [2.24, 2.45) is 0 Å². The van der Waals surface area contributed by atoms with Crippen molar-refractivity contribution in [1.82, 2.24) is 0 Å². The van der Waals surface area contributed by atoms with Crippen LogP contribution in [-0.2, 0) is 28.6 Å². The molecule has 0 bridgehead atoms. The first kappa shape index (κ1) is 60.8. The van der Waals surface area contributed by atoms with Crippen LogP contribution in [0.3, 0.4) is 0 Å². The fraction of sp³-hybridized carbons (Fsp3) is 0.610. The zero-order chi connectivity index (χ0) is 47.2.